The zero-order valence-electron chi connectivity index (χ0n) is 15.0. The molecule has 0 unspecified atom stereocenters. The molecule has 0 bridgehead atoms. The van der Waals surface area contributed by atoms with E-state index in [0.717, 1.165) is 37.7 Å². The van der Waals surface area contributed by atoms with Gasteiger partial charge in [0.2, 0.25) is 0 Å². The first-order chi connectivity index (χ1) is 11.7. The molecule has 0 saturated carbocycles. The average molecular weight is 328 g/mol. The second-order valence-corrected chi connectivity index (χ2v) is 6.12. The van der Waals surface area contributed by atoms with Gasteiger partial charge < -0.3 is 10.2 Å². The number of hydrogen-bond acceptors (Lipinski definition) is 2. The molecular formula is C22H32O2. The van der Waals surface area contributed by atoms with Crippen molar-refractivity contribution >= 4 is 0 Å². The molecular weight excluding hydrogens is 296 g/mol. The van der Waals surface area contributed by atoms with Crippen molar-refractivity contribution in [3.63, 3.8) is 0 Å². The van der Waals surface area contributed by atoms with Crippen molar-refractivity contribution in [1.82, 2.24) is 0 Å². The summed E-state index contributed by atoms with van der Waals surface area (Å²) in [7, 11) is 0. The minimum Gasteiger partial charge on any atom is -0.508 e. The molecule has 0 aliphatic rings. The van der Waals surface area contributed by atoms with E-state index < -0.39 is 0 Å². The number of aryl methyl sites for hydroxylation is 1. The van der Waals surface area contributed by atoms with Gasteiger partial charge in [-0.2, -0.15) is 0 Å². The molecule has 0 atom stereocenters. The van der Waals surface area contributed by atoms with Gasteiger partial charge in [-0.1, -0.05) is 49.8 Å². The molecule has 0 saturated heterocycles. The molecule has 1 aromatic rings. The van der Waals surface area contributed by atoms with E-state index in [9.17, 15) is 10.2 Å². The predicted molar refractivity (Wildman–Crippen MR) is 104 cm³/mol. The van der Waals surface area contributed by atoms with E-state index in [1.165, 1.54) is 31.7 Å². The number of phenolic OH excluding ortho intramolecular Hbond substituents is 2. The summed E-state index contributed by atoms with van der Waals surface area (Å²) in [5, 5.41) is 18.8. The van der Waals surface area contributed by atoms with E-state index in [0.29, 0.717) is 0 Å². The van der Waals surface area contributed by atoms with Crippen LogP contribution in [-0.2, 0) is 6.42 Å². The Hall–Kier alpha value is -1.96. The maximum absolute atomic E-state index is 9.42. The van der Waals surface area contributed by atoms with Crippen molar-refractivity contribution in [2.75, 3.05) is 0 Å². The zero-order chi connectivity index (χ0) is 17.5. The van der Waals surface area contributed by atoms with Crippen LogP contribution in [0.5, 0.6) is 11.5 Å². The van der Waals surface area contributed by atoms with E-state index in [1.807, 2.05) is 0 Å². The average Bonchev–Trinajstić information content (AvgIpc) is 2.54. The van der Waals surface area contributed by atoms with E-state index in [4.69, 9.17) is 0 Å². The van der Waals surface area contributed by atoms with Gasteiger partial charge in [0.15, 0.2) is 0 Å². The Labute approximate surface area is 147 Å². The van der Waals surface area contributed by atoms with Crippen LogP contribution in [-0.4, -0.2) is 10.2 Å². The molecule has 24 heavy (non-hydrogen) atoms. The van der Waals surface area contributed by atoms with Gasteiger partial charge in [-0.25, -0.2) is 0 Å². The Morgan fingerprint density at radius 1 is 0.708 bits per heavy atom. The van der Waals surface area contributed by atoms with E-state index in [2.05, 4.69) is 43.4 Å². The van der Waals surface area contributed by atoms with Crippen LogP contribution in [0.25, 0.3) is 0 Å². The van der Waals surface area contributed by atoms with Gasteiger partial charge in [-0.05, 0) is 69.1 Å². The highest BCUT2D eigenvalue weighted by Gasteiger charge is 1.97. The molecule has 1 rings (SSSR count). The maximum atomic E-state index is 9.42. The van der Waals surface area contributed by atoms with Crippen LogP contribution in [0.2, 0.25) is 0 Å². The van der Waals surface area contributed by atoms with Gasteiger partial charge >= 0.3 is 0 Å². The first-order valence-electron chi connectivity index (χ1n) is 9.19. The Kier molecular flexibility index (Phi) is 11.3. The number of unbranched alkanes of at least 4 members (excludes halogenated alkanes) is 4. The number of rotatable bonds is 12. The molecule has 0 aromatic heterocycles. The summed E-state index contributed by atoms with van der Waals surface area (Å²) in [5.74, 6) is 0.255. The minimum atomic E-state index is 0.128. The molecule has 0 radical (unpaired) electrons. The lowest BCUT2D eigenvalue weighted by atomic mass is 10.1. The molecule has 132 valence electrons. The van der Waals surface area contributed by atoms with Gasteiger partial charge in [-0.15, -0.1) is 0 Å². The maximum Gasteiger partial charge on any atom is 0.119 e. The lowest BCUT2D eigenvalue weighted by Gasteiger charge is -2.01. The van der Waals surface area contributed by atoms with Gasteiger partial charge in [-0.3, -0.25) is 0 Å². The molecule has 2 heteroatoms. The van der Waals surface area contributed by atoms with Crippen molar-refractivity contribution < 1.29 is 10.2 Å². The smallest absolute Gasteiger partial charge is 0.119 e. The first kappa shape index (κ1) is 20.1. The largest absolute Gasteiger partial charge is 0.508 e. The monoisotopic (exact) mass is 328 g/mol. The minimum absolute atomic E-state index is 0.128. The van der Waals surface area contributed by atoms with Crippen molar-refractivity contribution in [3.05, 3.63) is 60.2 Å². The first-order valence-corrected chi connectivity index (χ1v) is 9.19. The molecule has 0 aliphatic carbocycles. The number of benzene rings is 1. The normalized spacial score (nSPS) is 12.0. The van der Waals surface area contributed by atoms with Gasteiger partial charge in [0, 0.05) is 6.07 Å². The highest BCUT2D eigenvalue weighted by Crippen LogP contribution is 2.21. The molecule has 0 spiro atoms. The topological polar surface area (TPSA) is 40.5 Å². The second kappa shape index (κ2) is 13.5. The molecule has 0 amide bonds. The SMILES string of the molecule is CCC/C=C\C/C=C\CCCC/C=C\CCc1cc(O)cc(O)c1. The van der Waals surface area contributed by atoms with Gasteiger partial charge in [0.05, 0.1) is 0 Å². The van der Waals surface area contributed by atoms with Crippen LogP contribution in [0.1, 0.15) is 63.9 Å². The molecule has 0 fully saturated rings. The predicted octanol–water partition coefficient (Wildman–Crippen LogP) is 6.45. The summed E-state index contributed by atoms with van der Waals surface area (Å²) in [4.78, 5) is 0. The molecule has 2 nitrogen and oxygen atoms in total. The Morgan fingerprint density at radius 3 is 1.88 bits per heavy atom. The Morgan fingerprint density at radius 2 is 1.25 bits per heavy atom. The Balaban J connectivity index is 2.01. The summed E-state index contributed by atoms with van der Waals surface area (Å²) >= 11 is 0. The van der Waals surface area contributed by atoms with E-state index >= 15 is 0 Å². The molecule has 1 aromatic carbocycles. The molecule has 2 N–H and O–H groups in total. The third-order valence-corrected chi connectivity index (χ3v) is 3.78. The van der Waals surface area contributed by atoms with Crippen LogP contribution >= 0.6 is 0 Å². The fourth-order valence-electron chi connectivity index (χ4n) is 2.48. The highest BCUT2D eigenvalue weighted by atomic mass is 16.3. The lowest BCUT2D eigenvalue weighted by Crippen LogP contribution is -1.83. The molecule has 0 aliphatic heterocycles. The van der Waals surface area contributed by atoms with E-state index in [-0.39, 0.29) is 11.5 Å². The van der Waals surface area contributed by atoms with Gasteiger partial charge in [0.1, 0.15) is 11.5 Å². The van der Waals surface area contributed by atoms with Crippen LogP contribution < -0.4 is 0 Å². The summed E-state index contributed by atoms with van der Waals surface area (Å²) < 4.78 is 0. The van der Waals surface area contributed by atoms with Crippen LogP contribution in [0.15, 0.2) is 54.7 Å². The zero-order valence-corrected chi connectivity index (χ0v) is 15.0. The fraction of sp³-hybridized carbons (Fsp3) is 0.455. The Bertz CT molecular complexity index is 507. The summed E-state index contributed by atoms with van der Waals surface area (Å²) in [6.07, 6.45) is 23.5. The van der Waals surface area contributed by atoms with Gasteiger partial charge in [0.25, 0.3) is 0 Å². The lowest BCUT2D eigenvalue weighted by molar-refractivity contribution is 0.449. The quantitative estimate of drug-likeness (QED) is 0.342. The standard InChI is InChI=1S/C22H32O2/c1-2-3-4-5-6-7-8-9-10-11-12-13-14-15-16-20-17-21(23)19-22(24)18-20/h4-5,7-8,13-14,17-19,23-24H,2-3,6,9-12,15-16H2,1H3/b5-4-,8-7-,14-13-. The fourth-order valence-corrected chi connectivity index (χ4v) is 2.48. The van der Waals surface area contributed by atoms with Crippen molar-refractivity contribution in [3.8, 4) is 11.5 Å². The van der Waals surface area contributed by atoms with Crippen LogP contribution in [0.3, 0.4) is 0 Å². The second-order valence-electron chi connectivity index (χ2n) is 6.12. The summed E-state index contributed by atoms with van der Waals surface area (Å²) in [5.41, 5.74) is 0.968. The van der Waals surface area contributed by atoms with Crippen LogP contribution in [0, 0.1) is 0 Å². The highest BCUT2D eigenvalue weighted by molar-refractivity contribution is 5.36. The van der Waals surface area contributed by atoms with Crippen LogP contribution in [0.4, 0.5) is 0 Å². The third-order valence-electron chi connectivity index (χ3n) is 3.78. The molecule has 0 heterocycles. The van der Waals surface area contributed by atoms with Crippen molar-refractivity contribution in [1.29, 1.82) is 0 Å². The van der Waals surface area contributed by atoms with Crippen molar-refractivity contribution in [2.45, 2.75) is 64.7 Å². The van der Waals surface area contributed by atoms with E-state index in [1.54, 1.807) is 12.1 Å². The summed E-state index contributed by atoms with van der Waals surface area (Å²) in [6, 6.07) is 4.77. The van der Waals surface area contributed by atoms with Crippen molar-refractivity contribution in [2.24, 2.45) is 0 Å². The number of aromatic hydroxyl groups is 2. The summed E-state index contributed by atoms with van der Waals surface area (Å²) in [6.45, 7) is 2.20. The number of phenols is 2. The third kappa shape index (κ3) is 10.7. The number of allylic oxidation sites excluding steroid dienone is 6. The number of hydrogen-bond donors (Lipinski definition) is 2.